The largest absolute Gasteiger partial charge is 0.390 e. The maximum Gasteiger partial charge on any atom is 0.0861 e. The molecule has 0 aromatic rings. The van der Waals surface area contributed by atoms with Gasteiger partial charge in [0.15, 0.2) is 0 Å². The lowest BCUT2D eigenvalue weighted by Gasteiger charge is -2.24. The van der Waals surface area contributed by atoms with Crippen LogP contribution in [-0.2, 0) is 0 Å². The van der Waals surface area contributed by atoms with Gasteiger partial charge in [-0.2, -0.15) is 0 Å². The minimum absolute atomic E-state index is 0.105. The highest BCUT2D eigenvalue weighted by Gasteiger charge is 2.22. The van der Waals surface area contributed by atoms with Gasteiger partial charge in [0.05, 0.1) is 12.2 Å². The minimum atomic E-state index is -0.560. The highest BCUT2D eigenvalue weighted by molar-refractivity contribution is 4.99. The Hall–Kier alpha value is -0.340. The Labute approximate surface area is 54.8 Å². The standard InChI is InChI=1S/C7H12O2/c1-5-3-2-4-6(8)7(5)9/h2-3,5-9H,4H2,1H3/t5-,6-,7+/m1/s1. The molecule has 0 amide bonds. The van der Waals surface area contributed by atoms with Crippen LogP contribution in [0.1, 0.15) is 13.3 Å². The Balaban J connectivity index is 2.58. The smallest absolute Gasteiger partial charge is 0.0861 e. The van der Waals surface area contributed by atoms with Crippen molar-refractivity contribution < 1.29 is 10.2 Å². The number of hydrogen-bond acceptors (Lipinski definition) is 2. The third kappa shape index (κ3) is 1.32. The SMILES string of the molecule is C[C@@H]1C=CC[C@@H](O)[C@H]1O. The molecule has 2 heteroatoms. The first-order valence-electron chi connectivity index (χ1n) is 3.24. The molecule has 0 aromatic carbocycles. The van der Waals surface area contributed by atoms with E-state index in [1.54, 1.807) is 0 Å². The average molecular weight is 128 g/mol. The summed E-state index contributed by atoms with van der Waals surface area (Å²) in [5, 5.41) is 18.2. The minimum Gasteiger partial charge on any atom is -0.390 e. The van der Waals surface area contributed by atoms with E-state index in [0.29, 0.717) is 6.42 Å². The van der Waals surface area contributed by atoms with Crippen LogP contribution in [0.15, 0.2) is 12.2 Å². The van der Waals surface area contributed by atoms with Gasteiger partial charge < -0.3 is 10.2 Å². The highest BCUT2D eigenvalue weighted by atomic mass is 16.3. The van der Waals surface area contributed by atoms with Gasteiger partial charge in [0.2, 0.25) is 0 Å². The summed E-state index contributed by atoms with van der Waals surface area (Å²) in [5.74, 6) is 0.105. The predicted octanol–water partition coefficient (Wildman–Crippen LogP) is 0.304. The molecule has 1 rings (SSSR count). The second-order valence-electron chi connectivity index (χ2n) is 2.58. The molecule has 9 heavy (non-hydrogen) atoms. The van der Waals surface area contributed by atoms with Gasteiger partial charge in [-0.15, -0.1) is 0 Å². The molecule has 2 N–H and O–H groups in total. The van der Waals surface area contributed by atoms with Gasteiger partial charge >= 0.3 is 0 Å². The monoisotopic (exact) mass is 128 g/mol. The summed E-state index contributed by atoms with van der Waals surface area (Å²) < 4.78 is 0. The van der Waals surface area contributed by atoms with E-state index in [0.717, 1.165) is 0 Å². The predicted molar refractivity (Wildman–Crippen MR) is 34.9 cm³/mol. The third-order valence-corrected chi connectivity index (χ3v) is 1.75. The van der Waals surface area contributed by atoms with E-state index in [1.807, 2.05) is 19.1 Å². The first-order chi connectivity index (χ1) is 4.22. The van der Waals surface area contributed by atoms with Crippen LogP contribution in [0.25, 0.3) is 0 Å². The van der Waals surface area contributed by atoms with Crippen molar-refractivity contribution in [2.24, 2.45) is 5.92 Å². The Morgan fingerprint density at radius 3 is 2.56 bits per heavy atom. The molecule has 0 radical (unpaired) electrons. The first kappa shape index (κ1) is 6.78. The fraction of sp³-hybridized carbons (Fsp3) is 0.714. The molecule has 0 saturated carbocycles. The lowest BCUT2D eigenvalue weighted by molar-refractivity contribution is -0.00470. The van der Waals surface area contributed by atoms with Crippen molar-refractivity contribution in [2.75, 3.05) is 0 Å². The van der Waals surface area contributed by atoms with Crippen molar-refractivity contribution in [1.29, 1.82) is 0 Å². The Morgan fingerprint density at radius 1 is 1.44 bits per heavy atom. The maximum atomic E-state index is 9.14. The van der Waals surface area contributed by atoms with Crippen molar-refractivity contribution in [3.05, 3.63) is 12.2 Å². The maximum absolute atomic E-state index is 9.14. The van der Waals surface area contributed by atoms with Gasteiger partial charge in [0, 0.05) is 5.92 Å². The molecule has 0 spiro atoms. The molecule has 1 aliphatic rings. The molecule has 0 aliphatic heterocycles. The molecular weight excluding hydrogens is 116 g/mol. The van der Waals surface area contributed by atoms with Crippen LogP contribution < -0.4 is 0 Å². The fourth-order valence-corrected chi connectivity index (χ4v) is 1.04. The molecule has 0 unspecified atom stereocenters. The van der Waals surface area contributed by atoms with E-state index in [1.165, 1.54) is 0 Å². The Kier molecular flexibility index (Phi) is 1.88. The van der Waals surface area contributed by atoms with Crippen LogP contribution in [0.3, 0.4) is 0 Å². The summed E-state index contributed by atoms with van der Waals surface area (Å²) in [5.41, 5.74) is 0. The number of hydrogen-bond donors (Lipinski definition) is 2. The molecule has 0 bridgehead atoms. The van der Waals surface area contributed by atoms with Crippen LogP contribution in [-0.4, -0.2) is 22.4 Å². The van der Waals surface area contributed by atoms with Crippen molar-refractivity contribution >= 4 is 0 Å². The summed E-state index contributed by atoms with van der Waals surface area (Å²) >= 11 is 0. The van der Waals surface area contributed by atoms with Gasteiger partial charge in [-0.3, -0.25) is 0 Å². The zero-order chi connectivity index (χ0) is 6.85. The first-order valence-corrected chi connectivity index (χ1v) is 3.24. The van der Waals surface area contributed by atoms with Gasteiger partial charge in [0.1, 0.15) is 0 Å². The molecule has 0 saturated heterocycles. The number of aliphatic hydroxyl groups is 2. The van der Waals surface area contributed by atoms with Gasteiger partial charge in [0.25, 0.3) is 0 Å². The van der Waals surface area contributed by atoms with Crippen molar-refractivity contribution in [2.45, 2.75) is 25.6 Å². The molecule has 52 valence electrons. The number of rotatable bonds is 0. The molecule has 1 aliphatic carbocycles. The lowest BCUT2D eigenvalue weighted by Crippen LogP contribution is -2.33. The quantitative estimate of drug-likeness (QED) is 0.461. The summed E-state index contributed by atoms with van der Waals surface area (Å²) in [4.78, 5) is 0. The molecule has 2 nitrogen and oxygen atoms in total. The van der Waals surface area contributed by atoms with Crippen molar-refractivity contribution in [3.63, 3.8) is 0 Å². The van der Waals surface area contributed by atoms with Gasteiger partial charge in [-0.05, 0) is 6.42 Å². The van der Waals surface area contributed by atoms with E-state index in [4.69, 9.17) is 10.2 Å². The average Bonchev–Trinajstić information content (AvgIpc) is 1.83. The zero-order valence-corrected chi connectivity index (χ0v) is 5.49. The van der Waals surface area contributed by atoms with E-state index in [-0.39, 0.29) is 5.92 Å². The zero-order valence-electron chi connectivity index (χ0n) is 5.49. The van der Waals surface area contributed by atoms with Crippen LogP contribution >= 0.6 is 0 Å². The van der Waals surface area contributed by atoms with Gasteiger partial charge in [-0.1, -0.05) is 19.1 Å². The topological polar surface area (TPSA) is 40.5 Å². The third-order valence-electron chi connectivity index (χ3n) is 1.75. The highest BCUT2D eigenvalue weighted by Crippen LogP contribution is 2.17. The molecule has 3 atom stereocenters. The Morgan fingerprint density at radius 2 is 2.11 bits per heavy atom. The van der Waals surface area contributed by atoms with Crippen molar-refractivity contribution in [1.82, 2.24) is 0 Å². The number of aliphatic hydroxyl groups excluding tert-OH is 2. The lowest BCUT2D eigenvalue weighted by atomic mass is 9.92. The fourth-order valence-electron chi connectivity index (χ4n) is 1.04. The second-order valence-corrected chi connectivity index (χ2v) is 2.58. The van der Waals surface area contributed by atoms with E-state index < -0.39 is 12.2 Å². The summed E-state index contributed by atoms with van der Waals surface area (Å²) in [6.45, 7) is 1.89. The van der Waals surface area contributed by atoms with Crippen molar-refractivity contribution in [3.8, 4) is 0 Å². The van der Waals surface area contributed by atoms with Crippen LogP contribution in [0.5, 0.6) is 0 Å². The molecular formula is C7H12O2. The van der Waals surface area contributed by atoms with Crippen LogP contribution in [0.2, 0.25) is 0 Å². The summed E-state index contributed by atoms with van der Waals surface area (Å²) in [7, 11) is 0. The normalized spacial score (nSPS) is 43.2. The Bertz CT molecular complexity index is 120. The van der Waals surface area contributed by atoms with E-state index >= 15 is 0 Å². The summed E-state index contributed by atoms with van der Waals surface area (Å²) in [6.07, 6.45) is 3.31. The van der Waals surface area contributed by atoms with E-state index in [9.17, 15) is 0 Å². The van der Waals surface area contributed by atoms with Gasteiger partial charge in [-0.25, -0.2) is 0 Å². The second kappa shape index (κ2) is 2.50. The van der Waals surface area contributed by atoms with Crippen LogP contribution in [0, 0.1) is 5.92 Å². The van der Waals surface area contributed by atoms with E-state index in [2.05, 4.69) is 0 Å². The molecule has 0 aromatic heterocycles. The summed E-state index contributed by atoms with van der Waals surface area (Å²) in [6, 6.07) is 0. The van der Waals surface area contributed by atoms with Crippen LogP contribution in [0.4, 0.5) is 0 Å². The molecule has 0 fully saturated rings. The molecule has 0 heterocycles.